The molecule has 21 heavy (non-hydrogen) atoms. The minimum atomic E-state index is -0.497. The first-order valence-corrected chi connectivity index (χ1v) is 7.87. The molecule has 5 heteroatoms. The van der Waals surface area contributed by atoms with E-state index in [1.54, 1.807) is 18.3 Å². The van der Waals surface area contributed by atoms with Gasteiger partial charge in [-0.3, -0.25) is 4.79 Å². The van der Waals surface area contributed by atoms with Gasteiger partial charge in [0.2, 0.25) is 0 Å². The molecule has 1 aliphatic carbocycles. The van der Waals surface area contributed by atoms with Gasteiger partial charge in [0.25, 0.3) is 5.91 Å². The Morgan fingerprint density at radius 3 is 3.10 bits per heavy atom. The van der Waals surface area contributed by atoms with Crippen molar-refractivity contribution >= 4 is 22.9 Å². The molecule has 3 rings (SSSR count). The molecule has 1 aliphatic rings. The van der Waals surface area contributed by atoms with Crippen molar-refractivity contribution in [2.75, 3.05) is 5.73 Å². The van der Waals surface area contributed by atoms with Gasteiger partial charge >= 0.3 is 0 Å². The normalized spacial score (nSPS) is 17.3. The Morgan fingerprint density at radius 2 is 2.29 bits per heavy atom. The summed E-state index contributed by atoms with van der Waals surface area (Å²) in [6.07, 6.45) is 2.99. The van der Waals surface area contributed by atoms with Crippen molar-refractivity contribution in [2.45, 2.75) is 32.2 Å². The zero-order valence-corrected chi connectivity index (χ0v) is 12.6. The van der Waals surface area contributed by atoms with Crippen LogP contribution < -0.4 is 11.1 Å². The van der Waals surface area contributed by atoms with E-state index in [9.17, 15) is 9.18 Å². The molecule has 1 aromatic heterocycles. The number of hydrogen-bond acceptors (Lipinski definition) is 3. The fourth-order valence-corrected chi connectivity index (χ4v) is 3.82. The minimum absolute atomic E-state index is 0.0230. The molecular weight excluding hydrogens is 287 g/mol. The molecule has 1 heterocycles. The van der Waals surface area contributed by atoms with E-state index in [0.717, 1.165) is 19.3 Å². The number of benzene rings is 1. The highest BCUT2D eigenvalue weighted by Crippen LogP contribution is 2.33. The lowest BCUT2D eigenvalue weighted by Gasteiger charge is -2.24. The molecule has 0 aliphatic heterocycles. The van der Waals surface area contributed by atoms with Crippen LogP contribution >= 0.6 is 11.3 Å². The van der Waals surface area contributed by atoms with Crippen LogP contribution in [-0.4, -0.2) is 5.91 Å². The molecule has 0 saturated heterocycles. The molecule has 2 aromatic rings. The third kappa shape index (κ3) is 2.65. The number of halogens is 1. The molecule has 0 fully saturated rings. The van der Waals surface area contributed by atoms with E-state index >= 15 is 0 Å². The molecule has 1 atom stereocenters. The van der Waals surface area contributed by atoms with Gasteiger partial charge in [0.05, 0.1) is 11.6 Å². The van der Waals surface area contributed by atoms with Crippen LogP contribution in [-0.2, 0) is 6.42 Å². The lowest BCUT2D eigenvalue weighted by Crippen LogP contribution is -2.31. The predicted molar refractivity (Wildman–Crippen MR) is 83.0 cm³/mol. The van der Waals surface area contributed by atoms with E-state index in [0.29, 0.717) is 11.3 Å². The zero-order valence-electron chi connectivity index (χ0n) is 11.8. The number of hydrogen-bond donors (Lipinski definition) is 2. The number of carbonyl (C=O) groups excluding carboxylic acids is 1. The molecule has 0 radical (unpaired) electrons. The predicted octanol–water partition coefficient (Wildman–Crippen LogP) is 3.59. The number of thiophene rings is 1. The Hall–Kier alpha value is -1.88. The summed E-state index contributed by atoms with van der Waals surface area (Å²) in [6.45, 7) is 1.61. The lowest BCUT2D eigenvalue weighted by atomic mass is 9.93. The second kappa shape index (κ2) is 5.48. The van der Waals surface area contributed by atoms with E-state index in [-0.39, 0.29) is 11.6 Å². The molecule has 1 amide bonds. The van der Waals surface area contributed by atoms with E-state index in [4.69, 9.17) is 5.73 Å². The molecule has 1 unspecified atom stereocenters. The van der Waals surface area contributed by atoms with Crippen LogP contribution in [0.3, 0.4) is 0 Å². The second-order valence-electron chi connectivity index (χ2n) is 5.42. The van der Waals surface area contributed by atoms with Crippen LogP contribution in [0.4, 0.5) is 10.1 Å². The Morgan fingerprint density at radius 1 is 1.48 bits per heavy atom. The van der Waals surface area contributed by atoms with Gasteiger partial charge in [-0.25, -0.2) is 4.39 Å². The highest BCUT2D eigenvalue weighted by molar-refractivity contribution is 7.10. The van der Waals surface area contributed by atoms with Crippen molar-refractivity contribution in [3.8, 4) is 0 Å². The van der Waals surface area contributed by atoms with Crippen LogP contribution in [0.2, 0.25) is 0 Å². The maximum absolute atomic E-state index is 14.1. The van der Waals surface area contributed by atoms with Gasteiger partial charge in [-0.2, -0.15) is 0 Å². The van der Waals surface area contributed by atoms with Crippen LogP contribution in [0.5, 0.6) is 0 Å². The van der Waals surface area contributed by atoms with Crippen molar-refractivity contribution in [3.05, 3.63) is 51.0 Å². The molecule has 3 nitrogen and oxygen atoms in total. The molecular formula is C16H17FN2OS. The van der Waals surface area contributed by atoms with Gasteiger partial charge < -0.3 is 11.1 Å². The lowest BCUT2D eigenvalue weighted by molar-refractivity contribution is 0.0928. The number of carbonyl (C=O) groups is 1. The summed E-state index contributed by atoms with van der Waals surface area (Å²) in [6, 6.07) is 4.94. The molecule has 110 valence electrons. The van der Waals surface area contributed by atoms with E-state index in [1.807, 2.05) is 11.4 Å². The number of fused-ring (bicyclic) bond motifs is 1. The maximum Gasteiger partial charge on any atom is 0.254 e. The van der Waals surface area contributed by atoms with Crippen LogP contribution in [0.25, 0.3) is 0 Å². The van der Waals surface area contributed by atoms with Crippen molar-refractivity contribution in [3.63, 3.8) is 0 Å². The van der Waals surface area contributed by atoms with Crippen molar-refractivity contribution in [2.24, 2.45) is 0 Å². The molecule has 3 N–H and O–H groups in total. The first-order chi connectivity index (χ1) is 10.1. The Labute approximate surface area is 127 Å². The quantitative estimate of drug-likeness (QED) is 0.833. The van der Waals surface area contributed by atoms with E-state index in [1.165, 1.54) is 22.6 Å². The summed E-state index contributed by atoms with van der Waals surface area (Å²) in [7, 11) is 0. The highest BCUT2D eigenvalue weighted by Gasteiger charge is 2.24. The molecule has 0 spiro atoms. The maximum atomic E-state index is 14.1. The fraction of sp³-hybridized carbons (Fsp3) is 0.312. The average Bonchev–Trinajstić information content (AvgIpc) is 2.92. The Bertz CT molecular complexity index is 696. The van der Waals surface area contributed by atoms with Gasteiger partial charge in [0.15, 0.2) is 0 Å². The standard InChI is InChI=1S/C16H17FN2OS/c1-9-7-10(18)8-12(15(9)17)16(20)19-13-3-2-4-14-11(13)5-6-21-14/h5-8,13H,2-4,18H2,1H3,(H,19,20). The number of nitrogens with two attached hydrogens (primary N) is 1. The number of rotatable bonds is 2. The summed E-state index contributed by atoms with van der Waals surface area (Å²) in [5.74, 6) is -0.894. The van der Waals surface area contributed by atoms with Gasteiger partial charge in [-0.1, -0.05) is 0 Å². The topological polar surface area (TPSA) is 55.1 Å². The van der Waals surface area contributed by atoms with Gasteiger partial charge in [-0.05, 0) is 60.9 Å². The van der Waals surface area contributed by atoms with E-state index < -0.39 is 11.7 Å². The van der Waals surface area contributed by atoms with Crippen LogP contribution in [0.1, 0.15) is 45.2 Å². The van der Waals surface area contributed by atoms with Gasteiger partial charge in [-0.15, -0.1) is 11.3 Å². The smallest absolute Gasteiger partial charge is 0.254 e. The van der Waals surface area contributed by atoms with Crippen molar-refractivity contribution in [1.29, 1.82) is 0 Å². The first-order valence-electron chi connectivity index (χ1n) is 6.99. The second-order valence-corrected chi connectivity index (χ2v) is 6.42. The largest absolute Gasteiger partial charge is 0.399 e. The molecule has 0 bridgehead atoms. The highest BCUT2D eigenvalue weighted by atomic mass is 32.1. The van der Waals surface area contributed by atoms with Crippen molar-refractivity contribution in [1.82, 2.24) is 5.32 Å². The third-order valence-electron chi connectivity index (χ3n) is 3.88. The van der Waals surface area contributed by atoms with Gasteiger partial charge in [0.1, 0.15) is 5.82 Å². The summed E-state index contributed by atoms with van der Waals surface area (Å²) in [5, 5.41) is 4.99. The fourth-order valence-electron chi connectivity index (χ4n) is 2.84. The Balaban J connectivity index is 1.86. The van der Waals surface area contributed by atoms with Gasteiger partial charge in [0, 0.05) is 10.6 Å². The monoisotopic (exact) mass is 304 g/mol. The van der Waals surface area contributed by atoms with Crippen LogP contribution in [0.15, 0.2) is 23.6 Å². The number of anilines is 1. The first kappa shape index (κ1) is 14.1. The summed E-state index contributed by atoms with van der Waals surface area (Å²) < 4.78 is 14.1. The number of nitrogens with one attached hydrogen (secondary N) is 1. The van der Waals surface area contributed by atoms with E-state index in [2.05, 4.69) is 5.32 Å². The number of aryl methyl sites for hydroxylation is 2. The summed E-state index contributed by atoms with van der Waals surface area (Å²) in [5.41, 5.74) is 7.70. The molecule has 0 saturated carbocycles. The van der Waals surface area contributed by atoms with Crippen molar-refractivity contribution < 1.29 is 9.18 Å². The third-order valence-corrected chi connectivity index (χ3v) is 4.88. The molecule has 1 aromatic carbocycles. The number of amides is 1. The average molecular weight is 304 g/mol. The summed E-state index contributed by atoms with van der Waals surface area (Å²) >= 11 is 1.71. The minimum Gasteiger partial charge on any atom is -0.399 e. The summed E-state index contributed by atoms with van der Waals surface area (Å²) in [4.78, 5) is 13.7. The zero-order chi connectivity index (χ0) is 15.0. The Kier molecular flexibility index (Phi) is 3.68. The number of nitrogen functional groups attached to an aromatic ring is 1. The van der Waals surface area contributed by atoms with Crippen LogP contribution in [0, 0.1) is 12.7 Å². The SMILES string of the molecule is Cc1cc(N)cc(C(=O)NC2CCCc3sccc32)c1F.